The lowest BCUT2D eigenvalue weighted by Crippen LogP contribution is -2.40. The zero-order valence-corrected chi connectivity index (χ0v) is 66.9. The summed E-state index contributed by atoms with van der Waals surface area (Å²) in [4.78, 5) is 142. The van der Waals surface area contributed by atoms with Crippen LogP contribution in [0.25, 0.3) is 0 Å². The SMILES string of the molecule is Cc1ccc(S(=O)(=O)N2CCCONC(=O)c3cccc(n3)C(=O)NCCN(S(=O)(=O)c3ccc(C)cc3)CCCONC(=O)c3cccc(n3)C(=O)NCC2)cc1.Cc1ccc(S(=O)(=O)N2CCCONC(=O)c3cccc(n3)C(=O)NOCCCN(S(=O)(=O)c3ccc(C)cc3)CCNC(=O)c3cccc(n3)C(=O)NCC2)cc1. The van der Waals surface area contributed by atoms with Crippen LogP contribution in [0.5, 0.6) is 0 Å². The molecule has 2 aliphatic heterocycles. The number of aryl methyl sites for hydroxylation is 4. The van der Waals surface area contributed by atoms with Crippen molar-refractivity contribution in [3.8, 4) is 0 Å². The molecule has 0 spiro atoms. The fraction of sp³-hybridized carbons (Fsp3) is 0.316. The van der Waals surface area contributed by atoms with Crippen LogP contribution in [-0.4, -0.2) is 223 Å². The number of sulfonamides is 4. The van der Waals surface area contributed by atoms with Crippen molar-refractivity contribution in [3.05, 3.63) is 238 Å². The van der Waals surface area contributed by atoms with Crippen molar-refractivity contribution in [1.82, 2.24) is 80.3 Å². The highest BCUT2D eigenvalue weighted by atomic mass is 32.2. The van der Waals surface area contributed by atoms with E-state index in [2.05, 4.69) is 63.1 Å². The second-order valence-electron chi connectivity index (χ2n) is 26.1. The van der Waals surface area contributed by atoms with Crippen LogP contribution in [0.4, 0.5) is 0 Å². The number of aromatic nitrogens is 4. The van der Waals surface area contributed by atoms with E-state index in [1.165, 1.54) is 139 Å². The zero-order chi connectivity index (χ0) is 83.4. The van der Waals surface area contributed by atoms with E-state index in [-0.39, 0.29) is 196 Å². The van der Waals surface area contributed by atoms with Crippen molar-refractivity contribution >= 4 is 87.4 Å². The normalized spacial score (nSPS) is 17.1. The highest BCUT2D eigenvalue weighted by Crippen LogP contribution is 2.22. The lowest BCUT2D eigenvalue weighted by molar-refractivity contribution is 0.0278. The van der Waals surface area contributed by atoms with Gasteiger partial charge in [-0.2, -0.15) is 17.2 Å². The number of hydroxylamine groups is 4. The van der Waals surface area contributed by atoms with Crippen molar-refractivity contribution in [3.63, 3.8) is 0 Å². The first-order valence-corrected chi connectivity index (χ1v) is 42.2. The highest BCUT2D eigenvalue weighted by molar-refractivity contribution is 7.90. The molecule has 2 aliphatic rings. The quantitative estimate of drug-likeness (QED) is 0.108. The van der Waals surface area contributed by atoms with E-state index in [0.29, 0.717) is 0 Å². The molecule has 4 aromatic heterocycles. The van der Waals surface area contributed by atoms with E-state index in [9.17, 15) is 72.0 Å². The summed E-state index contributed by atoms with van der Waals surface area (Å²) < 4.78 is 114. The highest BCUT2D eigenvalue weighted by Gasteiger charge is 2.30. The number of nitrogens with one attached hydrogen (secondary N) is 8. The predicted molar refractivity (Wildman–Crippen MR) is 418 cm³/mol. The second kappa shape index (κ2) is 42.4. The minimum absolute atomic E-state index is 0.0429. The summed E-state index contributed by atoms with van der Waals surface area (Å²) in [5, 5.41) is 10.6. The number of amides is 8. The number of benzene rings is 4. The summed E-state index contributed by atoms with van der Waals surface area (Å²) in [6.07, 6.45) is 0.543. The van der Waals surface area contributed by atoms with E-state index in [1.807, 2.05) is 27.7 Å². The lowest BCUT2D eigenvalue weighted by Gasteiger charge is -2.23. The van der Waals surface area contributed by atoms with Gasteiger partial charge in [0.05, 0.1) is 46.0 Å². The standard InChI is InChI=1S/2C38H44N8O10S2/c1-27-11-15-29(16-12-27)57(51,52)45-21-5-25-55-43-37(49)33-10-4-8-32(42-33)36(48)40-20-24-46(58(53,54)30-17-13-28(2)14-18-30)22-6-26-56-44-38(50)34-9-3-7-31(41-34)35(47)39-19-23-45;1-27-11-15-29(16-12-27)57(51,52)45-21-5-25-55-43-37(49)33-9-4-10-34(42-33)38(50)44-56-26-6-22-46(58(53,54)30-17-13-28(2)14-18-30)24-20-40-36(48)32-8-3-7-31(41-32)35(47)39-19-23-45/h2*3-4,7-18H,5-6,19-26H2,1-2H3,(H,39,47)(H,40,48)(H,43,49)(H,44,50). The van der Waals surface area contributed by atoms with E-state index in [0.717, 1.165) is 22.3 Å². The van der Waals surface area contributed by atoms with Crippen molar-refractivity contribution in [1.29, 1.82) is 0 Å². The Morgan fingerprint density at radius 1 is 0.250 bits per heavy atom. The number of hydrogen-bond donors (Lipinski definition) is 8. The molecule has 6 heterocycles. The lowest BCUT2D eigenvalue weighted by atomic mass is 10.2. The summed E-state index contributed by atoms with van der Waals surface area (Å²) in [7, 11) is -16.1. The maximum absolute atomic E-state index is 13.6. The van der Waals surface area contributed by atoms with Crippen LogP contribution in [0, 0.1) is 27.7 Å². The number of rotatable bonds is 8. The van der Waals surface area contributed by atoms with Gasteiger partial charge in [0.1, 0.15) is 45.6 Å². The van der Waals surface area contributed by atoms with Crippen LogP contribution in [0.3, 0.4) is 0 Å². The van der Waals surface area contributed by atoms with Crippen LogP contribution in [-0.2, 0) is 59.4 Å². The molecule has 8 bridgehead atoms. The minimum atomic E-state index is -4.03. The molecule has 0 saturated carbocycles. The van der Waals surface area contributed by atoms with Gasteiger partial charge in [-0.1, -0.05) is 95.1 Å². The predicted octanol–water partition coefficient (Wildman–Crippen LogP) is 3.50. The molecule has 4 aromatic carbocycles. The summed E-state index contributed by atoms with van der Waals surface area (Å²) in [5.74, 6) is -5.70. The van der Waals surface area contributed by atoms with Gasteiger partial charge in [-0.15, -0.1) is 0 Å². The average Bonchev–Trinajstić information content (AvgIpc) is 0.823. The molecule has 36 nitrogen and oxygen atoms in total. The van der Waals surface area contributed by atoms with E-state index < -0.39 is 87.4 Å². The third-order valence-corrected chi connectivity index (χ3v) is 25.0. The van der Waals surface area contributed by atoms with Crippen LogP contribution in [0.15, 0.2) is 189 Å². The van der Waals surface area contributed by atoms with E-state index >= 15 is 0 Å². The van der Waals surface area contributed by atoms with Gasteiger partial charge in [-0.05, 0) is 150 Å². The Bertz CT molecular complexity index is 4950. The topological polar surface area (TPSA) is 471 Å². The molecular weight excluding hydrogens is 1590 g/mol. The van der Waals surface area contributed by atoms with Gasteiger partial charge in [0.15, 0.2) is 0 Å². The van der Waals surface area contributed by atoms with Gasteiger partial charge in [-0.25, -0.2) is 75.5 Å². The number of carbonyl (C=O) groups excluding carboxylic acids is 8. The van der Waals surface area contributed by atoms with Gasteiger partial charge < -0.3 is 21.3 Å². The molecule has 0 atom stereocenters. The maximum Gasteiger partial charge on any atom is 0.293 e. The van der Waals surface area contributed by atoms with Crippen molar-refractivity contribution in [2.45, 2.75) is 73.0 Å². The molecule has 0 fully saturated rings. The maximum atomic E-state index is 13.6. The number of nitrogens with zero attached hydrogens (tertiary/aromatic N) is 8. The number of fused-ring (bicyclic) bond motifs is 8. The first-order chi connectivity index (χ1) is 55.5. The van der Waals surface area contributed by atoms with Gasteiger partial charge in [0.25, 0.3) is 47.3 Å². The van der Waals surface area contributed by atoms with Crippen molar-refractivity contribution in [2.75, 3.05) is 105 Å². The fourth-order valence-electron chi connectivity index (χ4n) is 11.1. The Kier molecular flexibility index (Phi) is 32.4. The second-order valence-corrected chi connectivity index (χ2v) is 33.8. The number of pyridine rings is 4. The van der Waals surface area contributed by atoms with Crippen molar-refractivity contribution in [2.24, 2.45) is 0 Å². The summed E-state index contributed by atoms with van der Waals surface area (Å²) in [6, 6.07) is 42.0. The van der Waals surface area contributed by atoms with Gasteiger partial charge in [-0.3, -0.25) is 57.7 Å². The van der Waals surface area contributed by atoms with Crippen LogP contribution < -0.4 is 43.2 Å². The first kappa shape index (κ1) is 88.7. The summed E-state index contributed by atoms with van der Waals surface area (Å²) in [5.41, 5.74) is 11.4. The van der Waals surface area contributed by atoms with Gasteiger partial charge >= 0.3 is 0 Å². The van der Waals surface area contributed by atoms with Crippen LogP contribution in [0.1, 0.15) is 132 Å². The number of carbonyl (C=O) groups is 8. The molecule has 40 heteroatoms. The van der Waals surface area contributed by atoms with Crippen molar-refractivity contribution < 1.29 is 91.4 Å². The first-order valence-electron chi connectivity index (χ1n) is 36.5. The Morgan fingerprint density at radius 3 is 0.603 bits per heavy atom. The van der Waals surface area contributed by atoms with Crippen LogP contribution in [0.2, 0.25) is 0 Å². The fourth-order valence-corrected chi connectivity index (χ4v) is 17.0. The summed E-state index contributed by atoms with van der Waals surface area (Å²) in [6.45, 7) is 5.67. The Labute approximate surface area is 670 Å². The third-order valence-electron chi connectivity index (χ3n) is 17.4. The van der Waals surface area contributed by atoms with E-state index in [1.54, 1.807) is 48.5 Å². The Balaban J connectivity index is 0.000000265. The monoisotopic (exact) mass is 1670 g/mol. The molecule has 8 aromatic rings. The summed E-state index contributed by atoms with van der Waals surface area (Å²) >= 11 is 0. The van der Waals surface area contributed by atoms with Crippen LogP contribution >= 0.6 is 0 Å². The molecule has 616 valence electrons. The molecule has 0 aliphatic carbocycles. The Morgan fingerprint density at radius 2 is 0.422 bits per heavy atom. The molecular formula is C76H88N16O20S4. The molecule has 0 radical (unpaired) electrons. The third kappa shape index (κ3) is 25.4. The van der Waals surface area contributed by atoms with Gasteiger partial charge in [0.2, 0.25) is 40.1 Å². The zero-order valence-electron chi connectivity index (χ0n) is 63.7. The molecule has 8 amide bonds. The van der Waals surface area contributed by atoms with E-state index in [4.69, 9.17) is 19.4 Å². The molecule has 116 heavy (non-hydrogen) atoms. The molecule has 8 N–H and O–H groups in total. The van der Waals surface area contributed by atoms with Gasteiger partial charge in [0, 0.05) is 78.5 Å². The minimum Gasteiger partial charge on any atom is -0.349 e. The molecule has 0 unspecified atom stereocenters. The number of hydrogen-bond acceptors (Lipinski definition) is 24. The smallest absolute Gasteiger partial charge is 0.293 e. The molecule has 0 saturated heterocycles. The largest absolute Gasteiger partial charge is 0.349 e. The average molecular weight is 1670 g/mol. The molecule has 10 rings (SSSR count). The Hall–Kier alpha value is -11.3.